The zero-order chi connectivity index (χ0) is 16.9. The molecule has 24 heavy (non-hydrogen) atoms. The Kier molecular flexibility index (Phi) is 5.18. The van der Waals surface area contributed by atoms with E-state index in [0.717, 1.165) is 11.3 Å². The third kappa shape index (κ3) is 3.78. The van der Waals surface area contributed by atoms with Crippen LogP contribution in [-0.4, -0.2) is 17.8 Å². The minimum absolute atomic E-state index is 0.0647. The Morgan fingerprint density at radius 1 is 1.04 bits per heavy atom. The average Bonchev–Trinajstić information content (AvgIpc) is 2.87. The molecule has 1 aliphatic rings. The molecule has 0 aromatic heterocycles. The predicted octanol–water partition coefficient (Wildman–Crippen LogP) is 4.51. The Morgan fingerprint density at radius 2 is 1.67 bits per heavy atom. The zero-order valence-corrected chi connectivity index (χ0v) is 14.1. The molecule has 0 unspecified atom stereocenters. The number of benzene rings is 2. The number of carbonyl (C=O) groups excluding carboxylic acids is 1. The van der Waals surface area contributed by atoms with E-state index in [1.165, 1.54) is 0 Å². The number of esters is 1. The minimum Gasteiger partial charge on any atom is -0.452 e. The molecule has 1 aliphatic heterocycles. The van der Waals surface area contributed by atoms with Gasteiger partial charge in [-0.2, -0.15) is 5.10 Å². The Bertz CT molecular complexity index is 789. The summed E-state index contributed by atoms with van der Waals surface area (Å²) >= 11 is 11.9. The first-order valence-electron chi connectivity index (χ1n) is 7.34. The third-order valence-electron chi connectivity index (χ3n) is 3.50. The van der Waals surface area contributed by atoms with E-state index in [2.05, 4.69) is 10.5 Å². The molecule has 0 fully saturated rings. The smallest absolute Gasteiger partial charge is 0.351 e. The molecule has 1 atom stereocenters. The van der Waals surface area contributed by atoms with Crippen LogP contribution in [0.15, 0.2) is 75.8 Å². The maximum Gasteiger partial charge on any atom is 0.351 e. The Morgan fingerprint density at radius 3 is 2.25 bits per heavy atom. The van der Waals surface area contributed by atoms with Gasteiger partial charge in [0, 0.05) is 6.42 Å². The van der Waals surface area contributed by atoms with Crippen LogP contribution < -0.4 is 5.43 Å². The van der Waals surface area contributed by atoms with Crippen molar-refractivity contribution in [1.82, 2.24) is 0 Å². The van der Waals surface area contributed by atoms with Crippen molar-refractivity contribution in [1.29, 1.82) is 0 Å². The van der Waals surface area contributed by atoms with Crippen molar-refractivity contribution in [2.45, 2.75) is 12.5 Å². The topological polar surface area (TPSA) is 50.7 Å². The van der Waals surface area contributed by atoms with Crippen LogP contribution in [0.1, 0.15) is 12.0 Å². The van der Waals surface area contributed by atoms with Crippen LogP contribution >= 0.6 is 23.2 Å². The van der Waals surface area contributed by atoms with Gasteiger partial charge in [-0.05, 0) is 17.7 Å². The number of hydrogen-bond acceptors (Lipinski definition) is 4. The Labute approximate surface area is 149 Å². The lowest BCUT2D eigenvalue weighted by Gasteiger charge is -2.13. The minimum atomic E-state index is -0.622. The fourth-order valence-electron chi connectivity index (χ4n) is 2.28. The van der Waals surface area contributed by atoms with Crippen LogP contribution in [0.3, 0.4) is 0 Å². The molecule has 122 valence electrons. The first kappa shape index (κ1) is 16.6. The van der Waals surface area contributed by atoms with E-state index in [9.17, 15) is 4.79 Å². The largest absolute Gasteiger partial charge is 0.452 e. The van der Waals surface area contributed by atoms with E-state index >= 15 is 0 Å². The lowest BCUT2D eigenvalue weighted by molar-refractivity contribution is -0.138. The quantitative estimate of drug-likeness (QED) is 0.484. The normalized spacial score (nSPS) is 17.8. The summed E-state index contributed by atoms with van der Waals surface area (Å²) in [5, 5.41) is 4.61. The monoisotopic (exact) mass is 360 g/mol. The van der Waals surface area contributed by atoms with Crippen molar-refractivity contribution in [2.24, 2.45) is 5.10 Å². The molecule has 2 aromatic carbocycles. The number of hydrazone groups is 1. The van der Waals surface area contributed by atoms with Gasteiger partial charge in [-0.25, -0.2) is 4.79 Å². The van der Waals surface area contributed by atoms with Gasteiger partial charge in [0.05, 0.1) is 16.4 Å². The van der Waals surface area contributed by atoms with Gasteiger partial charge in [-0.3, -0.25) is 5.43 Å². The van der Waals surface area contributed by atoms with E-state index in [1.54, 1.807) is 0 Å². The average molecular weight is 361 g/mol. The number of cyclic esters (lactones) is 1. The number of carbonyl (C=O) groups is 1. The highest BCUT2D eigenvalue weighted by atomic mass is 35.5. The molecule has 0 bridgehead atoms. The molecule has 0 amide bonds. The number of halogens is 2. The van der Waals surface area contributed by atoms with E-state index in [0.29, 0.717) is 12.1 Å². The van der Waals surface area contributed by atoms with Crippen molar-refractivity contribution < 1.29 is 9.53 Å². The number of para-hydroxylation sites is 1. The van der Waals surface area contributed by atoms with Gasteiger partial charge in [-0.15, -0.1) is 0 Å². The van der Waals surface area contributed by atoms with Gasteiger partial charge in [0.15, 0.2) is 0 Å². The fourth-order valence-corrected chi connectivity index (χ4v) is 2.65. The lowest BCUT2D eigenvalue weighted by Crippen LogP contribution is -2.17. The first-order chi connectivity index (χ1) is 11.6. The number of hydrogen-bond donors (Lipinski definition) is 1. The van der Waals surface area contributed by atoms with Crippen LogP contribution in [0.5, 0.6) is 0 Å². The second kappa shape index (κ2) is 7.51. The summed E-state index contributed by atoms with van der Waals surface area (Å²) < 4.78 is 5.20. The molecule has 3 rings (SSSR count). The number of anilines is 1. The molecule has 0 spiro atoms. The van der Waals surface area contributed by atoms with Gasteiger partial charge in [0.1, 0.15) is 11.1 Å². The van der Waals surface area contributed by atoms with E-state index < -0.39 is 12.1 Å². The molecule has 0 saturated heterocycles. The molecule has 6 heteroatoms. The molecule has 1 N–H and O–H groups in total. The SMILES string of the molecule is O=C1O[C@@H](C/C(=N\Nc2ccccc2)c2ccccc2)C(Cl)=C1Cl. The van der Waals surface area contributed by atoms with Crippen molar-refractivity contribution >= 4 is 40.6 Å². The summed E-state index contributed by atoms with van der Waals surface area (Å²) in [5.74, 6) is -0.602. The van der Waals surface area contributed by atoms with Gasteiger partial charge in [-0.1, -0.05) is 71.7 Å². The third-order valence-corrected chi connectivity index (χ3v) is 4.39. The second-order valence-corrected chi connectivity index (χ2v) is 5.95. The molecular weight excluding hydrogens is 347 g/mol. The molecule has 4 nitrogen and oxygen atoms in total. The highest BCUT2D eigenvalue weighted by Crippen LogP contribution is 2.31. The van der Waals surface area contributed by atoms with E-state index in [-0.39, 0.29) is 10.1 Å². The van der Waals surface area contributed by atoms with Crippen LogP contribution in [0.25, 0.3) is 0 Å². The van der Waals surface area contributed by atoms with Gasteiger partial charge < -0.3 is 4.74 Å². The van der Waals surface area contributed by atoms with Crippen LogP contribution in [0.2, 0.25) is 0 Å². The molecule has 0 aliphatic carbocycles. The fraction of sp³-hybridized carbons (Fsp3) is 0.111. The van der Waals surface area contributed by atoms with E-state index in [1.807, 2.05) is 60.7 Å². The number of nitrogens with zero attached hydrogens (tertiary/aromatic N) is 1. The van der Waals surface area contributed by atoms with Crippen molar-refractivity contribution in [3.8, 4) is 0 Å². The first-order valence-corrected chi connectivity index (χ1v) is 8.10. The maximum atomic E-state index is 11.5. The lowest BCUT2D eigenvalue weighted by atomic mass is 10.0. The second-order valence-electron chi connectivity index (χ2n) is 5.16. The Balaban J connectivity index is 1.85. The molecule has 2 aromatic rings. The standard InChI is InChI=1S/C18H14Cl2N2O2/c19-16-15(24-18(23)17(16)20)11-14(12-7-3-1-4-8-12)22-21-13-9-5-2-6-10-13/h1-10,15,21H,11H2/b22-14+/t15-/m0/s1. The summed E-state index contributed by atoms with van der Waals surface area (Å²) in [5.41, 5.74) is 5.48. The summed E-state index contributed by atoms with van der Waals surface area (Å²) in [6.07, 6.45) is -0.298. The molecule has 0 saturated carbocycles. The van der Waals surface area contributed by atoms with Gasteiger partial charge >= 0.3 is 5.97 Å². The van der Waals surface area contributed by atoms with Crippen molar-refractivity contribution in [3.63, 3.8) is 0 Å². The summed E-state index contributed by atoms with van der Waals surface area (Å²) in [4.78, 5) is 11.5. The van der Waals surface area contributed by atoms with Gasteiger partial charge in [0.2, 0.25) is 0 Å². The zero-order valence-electron chi connectivity index (χ0n) is 12.6. The molecule has 0 radical (unpaired) electrons. The molecule has 1 heterocycles. The number of rotatable bonds is 5. The van der Waals surface area contributed by atoms with Crippen LogP contribution in [0, 0.1) is 0 Å². The van der Waals surface area contributed by atoms with Crippen LogP contribution in [-0.2, 0) is 9.53 Å². The number of ether oxygens (including phenoxy) is 1. The van der Waals surface area contributed by atoms with E-state index in [4.69, 9.17) is 27.9 Å². The summed E-state index contributed by atoms with van der Waals surface area (Å²) in [6.45, 7) is 0. The van der Waals surface area contributed by atoms with Crippen LogP contribution in [0.4, 0.5) is 5.69 Å². The number of nitrogens with one attached hydrogen (secondary N) is 1. The summed E-state index contributed by atoms with van der Waals surface area (Å²) in [7, 11) is 0. The molecular formula is C18H14Cl2N2O2. The highest BCUT2D eigenvalue weighted by molar-refractivity contribution is 6.48. The highest BCUT2D eigenvalue weighted by Gasteiger charge is 2.33. The Hall–Kier alpha value is -2.30. The maximum absolute atomic E-state index is 11.5. The predicted molar refractivity (Wildman–Crippen MR) is 96.3 cm³/mol. The van der Waals surface area contributed by atoms with Gasteiger partial charge in [0.25, 0.3) is 0 Å². The summed E-state index contributed by atoms with van der Waals surface area (Å²) in [6, 6.07) is 19.2. The van der Waals surface area contributed by atoms with Crippen molar-refractivity contribution in [2.75, 3.05) is 5.43 Å². The van der Waals surface area contributed by atoms with Crippen molar-refractivity contribution in [3.05, 3.63) is 76.3 Å².